The Labute approximate surface area is 113 Å². The molecule has 4 heteroatoms. The molecule has 2 aromatic rings. The maximum atomic E-state index is 9.74. The molecule has 0 fully saturated rings. The second-order valence-corrected chi connectivity index (χ2v) is 4.23. The molecule has 0 aliphatic carbocycles. The van der Waals surface area contributed by atoms with E-state index in [0.717, 1.165) is 5.56 Å². The van der Waals surface area contributed by atoms with Gasteiger partial charge in [0, 0.05) is 11.3 Å². The molecule has 0 saturated heterocycles. The van der Waals surface area contributed by atoms with Crippen LogP contribution < -0.4 is 11.5 Å². The van der Waals surface area contributed by atoms with Crippen molar-refractivity contribution in [3.8, 4) is 22.6 Å². The summed E-state index contributed by atoms with van der Waals surface area (Å²) in [4.78, 5) is 0. The van der Waals surface area contributed by atoms with Crippen LogP contribution in [0.3, 0.4) is 0 Å². The molecule has 4 nitrogen and oxygen atoms in total. The second kappa shape index (κ2) is 6.54. The summed E-state index contributed by atoms with van der Waals surface area (Å²) in [6.45, 7) is 4.25. The number of aromatic hydroxyl groups is 2. The van der Waals surface area contributed by atoms with Crippen molar-refractivity contribution in [1.82, 2.24) is 0 Å². The quantitative estimate of drug-likeness (QED) is 0.467. The zero-order chi connectivity index (χ0) is 14.4. The van der Waals surface area contributed by atoms with Gasteiger partial charge >= 0.3 is 0 Å². The number of hydrogen-bond donors (Lipinski definition) is 4. The Morgan fingerprint density at radius 3 is 1.89 bits per heavy atom. The summed E-state index contributed by atoms with van der Waals surface area (Å²) in [5.41, 5.74) is 13.1. The first-order valence-electron chi connectivity index (χ1n) is 6.17. The third-order valence-corrected chi connectivity index (χ3v) is 2.40. The van der Waals surface area contributed by atoms with Crippen LogP contribution in [0, 0.1) is 0 Å². The van der Waals surface area contributed by atoms with E-state index in [1.54, 1.807) is 36.4 Å². The highest BCUT2D eigenvalue weighted by atomic mass is 16.3. The minimum atomic E-state index is -0.297. The number of anilines is 2. The van der Waals surface area contributed by atoms with Crippen LogP contribution in [0.2, 0.25) is 0 Å². The first-order valence-corrected chi connectivity index (χ1v) is 6.17. The second-order valence-electron chi connectivity index (χ2n) is 4.23. The minimum absolute atomic E-state index is 0.150. The molecule has 0 spiro atoms. The summed E-state index contributed by atoms with van der Waals surface area (Å²) in [5.74, 6) is -0.515. The number of nitrogens with two attached hydrogens (primary N) is 2. The van der Waals surface area contributed by atoms with E-state index >= 15 is 0 Å². The Morgan fingerprint density at radius 2 is 1.37 bits per heavy atom. The zero-order valence-electron chi connectivity index (χ0n) is 11.2. The van der Waals surface area contributed by atoms with E-state index in [4.69, 9.17) is 11.5 Å². The third-order valence-electron chi connectivity index (χ3n) is 2.40. The number of benzene rings is 2. The molecule has 0 bridgehead atoms. The number of phenols is 2. The monoisotopic (exact) mass is 260 g/mol. The van der Waals surface area contributed by atoms with Crippen molar-refractivity contribution >= 4 is 11.4 Å². The van der Waals surface area contributed by atoms with Gasteiger partial charge in [0.15, 0.2) is 11.5 Å². The summed E-state index contributed by atoms with van der Waals surface area (Å²) in [6, 6.07) is 10.2. The summed E-state index contributed by atoms with van der Waals surface area (Å²) < 4.78 is 0. The van der Waals surface area contributed by atoms with Crippen molar-refractivity contribution in [1.29, 1.82) is 0 Å². The summed E-state index contributed by atoms with van der Waals surface area (Å²) >= 11 is 0. The Hall–Kier alpha value is -2.36. The van der Waals surface area contributed by atoms with Crippen LogP contribution in [0.15, 0.2) is 36.4 Å². The summed E-state index contributed by atoms with van der Waals surface area (Å²) in [5, 5.41) is 19.2. The van der Waals surface area contributed by atoms with Crippen LogP contribution in [-0.2, 0) is 0 Å². The molecule has 6 N–H and O–H groups in total. The fraction of sp³-hybridized carbons (Fsp3) is 0.200. The van der Waals surface area contributed by atoms with Gasteiger partial charge in [-0.3, -0.25) is 0 Å². The van der Waals surface area contributed by atoms with Crippen molar-refractivity contribution in [3.05, 3.63) is 36.4 Å². The summed E-state index contributed by atoms with van der Waals surface area (Å²) in [6.07, 6.45) is 1.25. The van der Waals surface area contributed by atoms with Crippen LogP contribution in [0.1, 0.15) is 20.3 Å². The molecule has 0 unspecified atom stereocenters. The Balaban J connectivity index is 0.000000550. The van der Waals surface area contributed by atoms with Gasteiger partial charge in [0.05, 0.1) is 5.69 Å². The fourth-order valence-electron chi connectivity index (χ4n) is 1.49. The molecule has 0 aliphatic rings. The molecule has 0 aliphatic heterocycles. The molecule has 0 aromatic heterocycles. The van der Waals surface area contributed by atoms with Crippen LogP contribution in [0.5, 0.6) is 11.5 Å². The SMILES string of the molecule is CCC.Nc1ccc(-c2ccc(N)c(O)c2O)cc1. The topological polar surface area (TPSA) is 92.5 Å². The number of hydrogen-bond acceptors (Lipinski definition) is 4. The molecule has 0 atom stereocenters. The van der Waals surface area contributed by atoms with Crippen LogP contribution >= 0.6 is 0 Å². The van der Waals surface area contributed by atoms with Crippen molar-refractivity contribution in [2.45, 2.75) is 20.3 Å². The molecule has 0 radical (unpaired) electrons. The van der Waals surface area contributed by atoms with Gasteiger partial charge in [0.1, 0.15) is 0 Å². The smallest absolute Gasteiger partial charge is 0.181 e. The molecule has 0 saturated carbocycles. The average molecular weight is 260 g/mol. The van der Waals surface area contributed by atoms with Gasteiger partial charge in [-0.15, -0.1) is 0 Å². The number of nitrogen functional groups attached to an aromatic ring is 2. The van der Waals surface area contributed by atoms with Crippen LogP contribution in [0.4, 0.5) is 11.4 Å². The van der Waals surface area contributed by atoms with E-state index in [2.05, 4.69) is 13.8 Å². The number of rotatable bonds is 1. The van der Waals surface area contributed by atoms with E-state index in [-0.39, 0.29) is 17.2 Å². The van der Waals surface area contributed by atoms with Crippen molar-refractivity contribution in [2.24, 2.45) is 0 Å². The average Bonchev–Trinajstić information content (AvgIpc) is 2.39. The number of phenolic OH excluding ortho intramolecular Hbond substituents is 2. The van der Waals surface area contributed by atoms with E-state index < -0.39 is 0 Å². The minimum Gasteiger partial charge on any atom is -0.504 e. The predicted octanol–water partition coefficient (Wildman–Crippen LogP) is 3.35. The van der Waals surface area contributed by atoms with E-state index in [9.17, 15) is 10.2 Å². The first kappa shape index (κ1) is 14.7. The first-order chi connectivity index (χ1) is 9.01. The van der Waals surface area contributed by atoms with Gasteiger partial charge in [-0.2, -0.15) is 0 Å². The molecule has 2 aromatic carbocycles. The Bertz CT molecular complexity index is 537. The van der Waals surface area contributed by atoms with Gasteiger partial charge in [-0.05, 0) is 29.8 Å². The lowest BCUT2D eigenvalue weighted by Gasteiger charge is -2.08. The van der Waals surface area contributed by atoms with E-state index in [0.29, 0.717) is 11.3 Å². The lowest BCUT2D eigenvalue weighted by Crippen LogP contribution is -1.88. The molecule has 102 valence electrons. The molecule has 0 heterocycles. The van der Waals surface area contributed by atoms with Crippen molar-refractivity contribution < 1.29 is 10.2 Å². The van der Waals surface area contributed by atoms with E-state index in [1.807, 2.05) is 0 Å². The van der Waals surface area contributed by atoms with Gasteiger partial charge < -0.3 is 21.7 Å². The molecular formula is C15H20N2O2. The van der Waals surface area contributed by atoms with Crippen LogP contribution in [-0.4, -0.2) is 10.2 Å². The van der Waals surface area contributed by atoms with Gasteiger partial charge in [0.25, 0.3) is 0 Å². The van der Waals surface area contributed by atoms with Gasteiger partial charge in [-0.1, -0.05) is 32.4 Å². The lowest BCUT2D eigenvalue weighted by molar-refractivity contribution is 0.407. The maximum absolute atomic E-state index is 9.74. The van der Waals surface area contributed by atoms with Gasteiger partial charge in [-0.25, -0.2) is 0 Å². The normalized spacial score (nSPS) is 9.58. The predicted molar refractivity (Wildman–Crippen MR) is 80.0 cm³/mol. The largest absolute Gasteiger partial charge is 0.504 e. The summed E-state index contributed by atoms with van der Waals surface area (Å²) in [7, 11) is 0. The Kier molecular flexibility index (Phi) is 5.06. The highest BCUT2D eigenvalue weighted by molar-refractivity contribution is 5.78. The fourth-order valence-corrected chi connectivity index (χ4v) is 1.49. The molecule has 2 rings (SSSR count). The van der Waals surface area contributed by atoms with Gasteiger partial charge in [0.2, 0.25) is 0 Å². The standard InChI is InChI=1S/C12H12N2O2.C3H8/c13-8-3-1-7(2-4-8)9-5-6-10(14)12(16)11(9)15;1-3-2/h1-6,15-16H,13-14H2;3H2,1-2H3. The lowest BCUT2D eigenvalue weighted by atomic mass is 10.0. The molecular weight excluding hydrogens is 240 g/mol. The van der Waals surface area contributed by atoms with Crippen molar-refractivity contribution in [3.63, 3.8) is 0 Å². The molecule has 0 amide bonds. The van der Waals surface area contributed by atoms with Crippen molar-refractivity contribution in [2.75, 3.05) is 11.5 Å². The maximum Gasteiger partial charge on any atom is 0.181 e. The molecule has 19 heavy (non-hydrogen) atoms. The highest BCUT2D eigenvalue weighted by Gasteiger charge is 2.10. The highest BCUT2D eigenvalue weighted by Crippen LogP contribution is 2.40. The van der Waals surface area contributed by atoms with Crippen LogP contribution in [0.25, 0.3) is 11.1 Å². The zero-order valence-corrected chi connectivity index (χ0v) is 11.2. The third kappa shape index (κ3) is 3.55. The van der Waals surface area contributed by atoms with E-state index in [1.165, 1.54) is 6.42 Å². The Morgan fingerprint density at radius 1 is 0.842 bits per heavy atom.